The third-order valence-corrected chi connectivity index (χ3v) is 27.4. The Bertz CT molecular complexity index is 1620. The van der Waals surface area contributed by atoms with Gasteiger partial charge in [-0.1, -0.05) is 79.9 Å². The van der Waals surface area contributed by atoms with E-state index in [1.165, 1.54) is 32.9 Å². The molecular formula is C36H54N2S2Si2. The summed E-state index contributed by atoms with van der Waals surface area (Å²) in [5.74, 6) is 0. The SMILES string of the molecule is CCN(CC)c1ccc2c3ccc(N(CC)CC)c4c([Si](C)(C)C(C)(C)C)sc(c5sc([Si](C)(C)C(C)(C)C)c1c25)c43. The monoisotopic (exact) mass is 634 g/mol. The van der Waals surface area contributed by atoms with Crippen molar-refractivity contribution in [2.75, 3.05) is 36.0 Å². The van der Waals surface area contributed by atoms with Crippen molar-refractivity contribution in [3.05, 3.63) is 24.3 Å². The molecule has 6 heteroatoms. The molecule has 42 heavy (non-hydrogen) atoms. The van der Waals surface area contributed by atoms with E-state index < -0.39 is 16.1 Å². The van der Waals surface area contributed by atoms with Crippen molar-refractivity contribution < 1.29 is 0 Å². The van der Waals surface area contributed by atoms with Crippen LogP contribution in [0.5, 0.6) is 0 Å². The van der Waals surface area contributed by atoms with Gasteiger partial charge in [0.05, 0.1) is 25.5 Å². The number of hydrogen-bond donors (Lipinski definition) is 0. The maximum absolute atomic E-state index is 2.62. The molecule has 228 valence electrons. The van der Waals surface area contributed by atoms with Gasteiger partial charge in [0, 0.05) is 68.1 Å². The largest absolute Gasteiger partial charge is 0.372 e. The summed E-state index contributed by atoms with van der Waals surface area (Å²) in [5.41, 5.74) is 2.89. The summed E-state index contributed by atoms with van der Waals surface area (Å²) in [4.78, 5) is 5.19. The van der Waals surface area contributed by atoms with Crippen LogP contribution in [0.1, 0.15) is 69.2 Å². The molecule has 0 N–H and O–H groups in total. The van der Waals surface area contributed by atoms with Gasteiger partial charge in [-0.25, -0.2) is 0 Å². The standard InChI is InChI=1S/C36H54N2S2Si2/c1-15-37(16-2)25-21-19-23-24-20-22-26(38(17-3)18-4)30-28(24)32(40-34(30)42(13,14)36(8,9)10)31-27(23)29(25)33(39-31)41(11,12)35(5,6)7/h19-22H,15-18H2,1-14H3. The molecule has 0 aliphatic carbocycles. The maximum atomic E-state index is 2.62. The molecule has 0 saturated heterocycles. The van der Waals surface area contributed by atoms with Gasteiger partial charge in [0.1, 0.15) is 0 Å². The molecule has 0 saturated carbocycles. The fourth-order valence-corrected chi connectivity index (χ4v) is 16.4. The fourth-order valence-electron chi connectivity index (χ4n) is 6.51. The summed E-state index contributed by atoms with van der Waals surface area (Å²) in [6.45, 7) is 38.8. The van der Waals surface area contributed by atoms with Crippen molar-refractivity contribution in [2.45, 2.75) is 106 Å². The Labute approximate surface area is 265 Å². The number of anilines is 2. The first-order valence-electron chi connectivity index (χ1n) is 16.2. The smallest absolute Gasteiger partial charge is 0.0996 e. The van der Waals surface area contributed by atoms with Crippen LogP contribution in [0.15, 0.2) is 24.3 Å². The zero-order valence-electron chi connectivity index (χ0n) is 28.8. The predicted molar refractivity (Wildman–Crippen MR) is 204 cm³/mol. The van der Waals surface area contributed by atoms with Gasteiger partial charge in [-0.3, -0.25) is 0 Å². The van der Waals surface area contributed by atoms with Crippen molar-refractivity contribution >= 4 is 101 Å². The van der Waals surface area contributed by atoms with Crippen LogP contribution in [-0.4, -0.2) is 42.3 Å². The molecule has 0 radical (unpaired) electrons. The summed E-state index contributed by atoms with van der Waals surface area (Å²) < 4.78 is 6.49. The van der Waals surface area contributed by atoms with Crippen LogP contribution in [0.2, 0.25) is 36.3 Å². The van der Waals surface area contributed by atoms with Crippen LogP contribution in [0.4, 0.5) is 11.4 Å². The lowest BCUT2D eigenvalue weighted by atomic mass is 9.96. The first-order chi connectivity index (χ1) is 19.5. The second kappa shape index (κ2) is 10.5. The third kappa shape index (κ3) is 4.41. The molecule has 5 aromatic rings. The molecule has 0 amide bonds. The second-order valence-corrected chi connectivity index (χ2v) is 28.6. The van der Waals surface area contributed by atoms with Gasteiger partial charge < -0.3 is 9.80 Å². The molecule has 0 aliphatic heterocycles. The van der Waals surface area contributed by atoms with Gasteiger partial charge in [-0.2, -0.15) is 0 Å². The van der Waals surface area contributed by atoms with E-state index in [4.69, 9.17) is 0 Å². The normalized spacial score (nSPS) is 13.9. The highest BCUT2D eigenvalue weighted by atomic mass is 32.1. The Morgan fingerprint density at radius 1 is 0.524 bits per heavy atom. The Hall–Kier alpha value is -1.61. The van der Waals surface area contributed by atoms with E-state index in [2.05, 4.69) is 152 Å². The fraction of sp³-hybridized carbons (Fsp3) is 0.556. The minimum atomic E-state index is -1.83. The van der Waals surface area contributed by atoms with Gasteiger partial charge in [0.25, 0.3) is 0 Å². The van der Waals surface area contributed by atoms with Crippen molar-refractivity contribution in [3.63, 3.8) is 0 Å². The van der Waals surface area contributed by atoms with Gasteiger partial charge in [0.15, 0.2) is 0 Å². The number of fused-ring (bicyclic) bond motifs is 2. The van der Waals surface area contributed by atoms with Crippen LogP contribution >= 0.6 is 22.7 Å². The lowest BCUT2D eigenvalue weighted by Gasteiger charge is -2.37. The van der Waals surface area contributed by atoms with Gasteiger partial charge in [0.2, 0.25) is 0 Å². The molecule has 2 aromatic heterocycles. The van der Waals surface area contributed by atoms with Gasteiger partial charge in [-0.05, 0) is 60.7 Å². The van der Waals surface area contributed by atoms with Crippen LogP contribution < -0.4 is 18.8 Å². The number of rotatable bonds is 8. The topological polar surface area (TPSA) is 6.48 Å². The van der Waals surface area contributed by atoms with Crippen LogP contribution in [-0.2, 0) is 0 Å². The Balaban J connectivity index is 2.08. The summed E-state index contributed by atoms with van der Waals surface area (Å²) >= 11 is 4.33. The number of nitrogens with zero attached hydrogens (tertiary/aromatic N) is 2. The van der Waals surface area contributed by atoms with Crippen molar-refractivity contribution in [2.24, 2.45) is 0 Å². The lowest BCUT2D eigenvalue weighted by molar-refractivity contribution is 0.730. The lowest BCUT2D eigenvalue weighted by Crippen LogP contribution is -2.48. The molecule has 5 rings (SSSR count). The maximum Gasteiger partial charge on any atom is 0.0996 e. The van der Waals surface area contributed by atoms with E-state index in [0.717, 1.165) is 26.2 Å². The first-order valence-corrected chi connectivity index (χ1v) is 23.8. The van der Waals surface area contributed by atoms with Crippen molar-refractivity contribution in [3.8, 4) is 0 Å². The van der Waals surface area contributed by atoms with Crippen LogP contribution in [0.25, 0.3) is 41.7 Å². The molecule has 0 spiro atoms. The summed E-state index contributed by atoms with van der Waals surface area (Å²) in [7, 11) is -3.66. The molecule has 0 unspecified atom stereocenters. The highest BCUT2D eigenvalue weighted by Crippen LogP contribution is 2.52. The molecule has 2 heterocycles. The predicted octanol–water partition coefficient (Wildman–Crippen LogP) is 11.0. The molecular weight excluding hydrogens is 581 g/mol. The van der Waals surface area contributed by atoms with Gasteiger partial charge >= 0.3 is 0 Å². The van der Waals surface area contributed by atoms with E-state index in [-0.39, 0.29) is 10.1 Å². The van der Waals surface area contributed by atoms with Crippen molar-refractivity contribution in [1.82, 2.24) is 0 Å². The van der Waals surface area contributed by atoms with E-state index in [1.807, 2.05) is 0 Å². The first kappa shape index (κ1) is 31.8. The van der Waals surface area contributed by atoms with E-state index in [1.54, 1.807) is 29.2 Å². The molecule has 3 aromatic carbocycles. The zero-order valence-corrected chi connectivity index (χ0v) is 32.5. The average Bonchev–Trinajstić information content (AvgIpc) is 3.50. The average molecular weight is 635 g/mol. The molecule has 0 aliphatic rings. The quantitative estimate of drug-likeness (QED) is 0.124. The minimum Gasteiger partial charge on any atom is -0.372 e. The summed E-state index contributed by atoms with van der Waals surface area (Å²) in [6, 6.07) is 9.88. The number of hydrogen-bond acceptors (Lipinski definition) is 4. The third-order valence-electron chi connectivity index (χ3n) is 11.3. The molecule has 0 atom stereocenters. The number of thiophene rings is 2. The Morgan fingerprint density at radius 2 is 0.833 bits per heavy atom. The minimum absolute atomic E-state index is 0.270. The molecule has 0 bridgehead atoms. The molecule has 0 fully saturated rings. The highest BCUT2D eigenvalue weighted by molar-refractivity contribution is 7.40. The zero-order chi connectivity index (χ0) is 31.2. The summed E-state index contributed by atoms with van der Waals surface area (Å²) in [5, 5.41) is 9.67. The Morgan fingerprint density at radius 3 is 1.10 bits per heavy atom. The van der Waals surface area contributed by atoms with E-state index >= 15 is 0 Å². The second-order valence-electron chi connectivity index (χ2n) is 15.4. The van der Waals surface area contributed by atoms with Crippen molar-refractivity contribution in [1.29, 1.82) is 0 Å². The van der Waals surface area contributed by atoms with Crippen LogP contribution in [0.3, 0.4) is 0 Å². The van der Waals surface area contributed by atoms with Gasteiger partial charge in [-0.15, -0.1) is 22.7 Å². The van der Waals surface area contributed by atoms with E-state index in [0.29, 0.717) is 0 Å². The Kier molecular flexibility index (Phi) is 7.95. The number of benzene rings is 3. The van der Waals surface area contributed by atoms with E-state index in [9.17, 15) is 0 Å². The molecule has 2 nitrogen and oxygen atoms in total. The highest BCUT2D eigenvalue weighted by Gasteiger charge is 2.43. The van der Waals surface area contributed by atoms with Crippen LogP contribution in [0, 0.1) is 0 Å². The summed E-state index contributed by atoms with van der Waals surface area (Å²) in [6.07, 6.45) is 0.